The highest BCUT2D eigenvalue weighted by atomic mass is 31.0. The normalized spacial score (nSPS) is 18.1. The lowest BCUT2D eigenvalue weighted by Crippen LogP contribution is -2.55. The lowest BCUT2D eigenvalue weighted by molar-refractivity contribution is -0.146. The molecule has 54 heavy (non-hydrogen) atoms. The minimum absolute atomic E-state index is 0.0122. The molecule has 4 amide bonds. The summed E-state index contributed by atoms with van der Waals surface area (Å²) in [6.45, 7) is 14.8. The molecule has 1 heterocycles. The Morgan fingerprint density at radius 2 is 1.59 bits per heavy atom. The fraction of sp³-hybridized carbons (Fsp3) is 0.750. The zero-order valence-electron chi connectivity index (χ0n) is 35.3. The van der Waals surface area contributed by atoms with Gasteiger partial charge in [0, 0.05) is 46.1 Å². The molecule has 1 fully saturated rings. The number of carbonyl (C=O) groups excluding carboxylic acids is 4. The van der Waals surface area contributed by atoms with Gasteiger partial charge >= 0.3 is 0 Å². The number of carbonyl (C=O) groups is 4. The summed E-state index contributed by atoms with van der Waals surface area (Å²) in [4.78, 5) is 59.2. The third-order valence-corrected chi connectivity index (χ3v) is 10.7. The molecule has 2 rings (SSSR count). The Kier molecular flexibility index (Phi) is 23.1. The van der Waals surface area contributed by atoms with E-state index in [1.165, 1.54) is 6.42 Å². The van der Waals surface area contributed by atoms with Crippen LogP contribution in [0, 0.1) is 17.8 Å². The van der Waals surface area contributed by atoms with Gasteiger partial charge in [-0.15, -0.1) is 0 Å². The monoisotopic (exact) mass is 780 g/mol. The fourth-order valence-electron chi connectivity index (χ4n) is 7.40. The van der Waals surface area contributed by atoms with Crippen molar-refractivity contribution >= 4 is 38.7 Å². The molecule has 0 radical (unpaired) electrons. The van der Waals surface area contributed by atoms with Crippen molar-refractivity contribution in [1.82, 2.24) is 25.3 Å². The number of nitrogens with two attached hydrogens (primary N) is 1. The molecule has 9 unspecified atom stereocenters. The summed E-state index contributed by atoms with van der Waals surface area (Å²) in [5.41, 5.74) is 8.09. The summed E-state index contributed by atoms with van der Waals surface area (Å²) in [5.74, 6) is -1.21. The van der Waals surface area contributed by atoms with Gasteiger partial charge in [-0.1, -0.05) is 73.4 Å². The first kappa shape index (κ1) is 49.2. The number of amides is 4. The van der Waals surface area contributed by atoms with Gasteiger partial charge in [0.15, 0.2) is 0 Å². The van der Waals surface area contributed by atoms with Crippen LogP contribution in [-0.2, 0) is 35.1 Å². The van der Waals surface area contributed by atoms with Gasteiger partial charge in [0.25, 0.3) is 0 Å². The first-order valence-electron chi connectivity index (χ1n) is 19.7. The summed E-state index contributed by atoms with van der Waals surface area (Å²) in [7, 11) is 11.0. The van der Waals surface area contributed by atoms with E-state index >= 15 is 0 Å². The molecule has 1 aromatic rings. The van der Waals surface area contributed by atoms with Crippen molar-refractivity contribution in [3.05, 3.63) is 29.8 Å². The second kappa shape index (κ2) is 25.4. The zero-order chi connectivity index (χ0) is 41.1. The molecule has 9 atom stereocenters. The molecule has 0 saturated carbocycles. The van der Waals surface area contributed by atoms with Crippen LogP contribution in [0.1, 0.15) is 86.1 Å². The molecule has 5 N–H and O–H groups in total. The van der Waals surface area contributed by atoms with Crippen molar-refractivity contribution in [2.24, 2.45) is 23.5 Å². The number of hydrogen-bond acceptors (Lipinski definition) is 9. The molecule has 0 aromatic heterocycles. The van der Waals surface area contributed by atoms with Crippen LogP contribution in [0.2, 0.25) is 0 Å². The quantitative estimate of drug-likeness (QED) is 0.136. The van der Waals surface area contributed by atoms with Gasteiger partial charge in [-0.2, -0.15) is 0 Å². The maximum Gasteiger partial charge on any atom is 0.242 e. The highest BCUT2D eigenvalue weighted by Gasteiger charge is 2.42. The van der Waals surface area contributed by atoms with Crippen LogP contribution in [0.5, 0.6) is 0 Å². The number of methoxy groups -OCH3 is 2. The average Bonchev–Trinajstić information content (AvgIpc) is 3.63. The number of ether oxygens (including phenoxy) is 2. The highest BCUT2D eigenvalue weighted by Crippen LogP contribution is 2.29. The molecule has 0 bridgehead atoms. The van der Waals surface area contributed by atoms with Crippen molar-refractivity contribution in [3.63, 3.8) is 0 Å². The van der Waals surface area contributed by atoms with Crippen molar-refractivity contribution < 1.29 is 28.7 Å². The van der Waals surface area contributed by atoms with Crippen LogP contribution >= 0.6 is 9.39 Å². The second-order valence-electron chi connectivity index (χ2n) is 15.2. The third kappa shape index (κ3) is 14.7. The summed E-state index contributed by atoms with van der Waals surface area (Å²) in [6.07, 6.45) is 3.02. The number of nitrogens with zero attached hydrogens (tertiary/aromatic N) is 3. The molecule has 1 aliphatic heterocycles. The minimum Gasteiger partial charge on any atom is -0.379 e. The number of benzene rings is 1. The van der Waals surface area contributed by atoms with Crippen LogP contribution in [0.25, 0.3) is 0 Å². The number of nitrogens with one attached hydrogen (secondary N) is 3. The molecule has 0 spiro atoms. The van der Waals surface area contributed by atoms with Crippen molar-refractivity contribution in [3.8, 4) is 0 Å². The van der Waals surface area contributed by atoms with Gasteiger partial charge in [-0.25, -0.2) is 0 Å². The van der Waals surface area contributed by atoms with Crippen LogP contribution < -0.4 is 21.5 Å². The van der Waals surface area contributed by atoms with Crippen molar-refractivity contribution in [2.75, 3.05) is 60.1 Å². The summed E-state index contributed by atoms with van der Waals surface area (Å²) < 4.78 is 11.9. The Morgan fingerprint density at radius 3 is 2.07 bits per heavy atom. The number of likely N-dealkylation sites (N-methyl/N-ethyl adjacent to an activating group) is 2. The van der Waals surface area contributed by atoms with E-state index in [1.807, 2.05) is 82.8 Å². The number of hydrogen-bond donors (Lipinski definition) is 4. The van der Waals surface area contributed by atoms with Crippen LogP contribution in [0.4, 0.5) is 5.69 Å². The molecule has 14 heteroatoms. The molecule has 0 aliphatic carbocycles. The van der Waals surface area contributed by atoms with E-state index in [2.05, 4.69) is 39.0 Å². The van der Waals surface area contributed by atoms with Gasteiger partial charge in [-0.3, -0.25) is 24.1 Å². The maximum absolute atomic E-state index is 14.0. The minimum atomic E-state index is -0.587. The molecule has 1 aliphatic rings. The van der Waals surface area contributed by atoms with E-state index in [4.69, 9.17) is 15.2 Å². The number of anilines is 1. The Hall–Kier alpha value is -2.83. The third-order valence-electron chi connectivity index (χ3n) is 10.4. The van der Waals surface area contributed by atoms with E-state index in [1.54, 1.807) is 26.2 Å². The zero-order valence-corrected chi connectivity index (χ0v) is 36.5. The number of likely N-dealkylation sites (tertiary alicyclic amines) is 1. The SMILES string of the molecule is CCC.CCC(C)C(C(CC(=O)N1CCCC1C(OC)C(C)C(=O)NC(CN)Cc1ccc(NP)cc1)OC)N(C)C(=O)CNC(=O)C(C(C)C)N(C)C. The smallest absolute Gasteiger partial charge is 0.242 e. The molecular formula is C40H74N7O6P. The molecule has 1 aromatic carbocycles. The first-order chi connectivity index (χ1) is 25.6. The van der Waals surface area contributed by atoms with Gasteiger partial charge in [-0.05, 0) is 72.3 Å². The van der Waals surface area contributed by atoms with E-state index in [-0.39, 0.29) is 73.1 Å². The lowest BCUT2D eigenvalue weighted by Gasteiger charge is -2.39. The van der Waals surface area contributed by atoms with E-state index < -0.39 is 24.2 Å². The van der Waals surface area contributed by atoms with Gasteiger partial charge < -0.3 is 40.7 Å². The maximum atomic E-state index is 14.0. The Bertz CT molecular complexity index is 1260. The topological polar surface area (TPSA) is 159 Å². The molecule has 310 valence electrons. The average molecular weight is 780 g/mol. The fourth-order valence-corrected chi connectivity index (χ4v) is 7.59. The molecule has 1 saturated heterocycles. The van der Waals surface area contributed by atoms with Gasteiger partial charge in [0.1, 0.15) is 0 Å². The second-order valence-corrected chi connectivity index (χ2v) is 15.5. The summed E-state index contributed by atoms with van der Waals surface area (Å²) in [5, 5.41) is 8.94. The Balaban J connectivity index is 0.00000469. The lowest BCUT2D eigenvalue weighted by atomic mass is 9.90. The summed E-state index contributed by atoms with van der Waals surface area (Å²) in [6, 6.07) is 6.62. The van der Waals surface area contributed by atoms with E-state index in [0.717, 1.165) is 24.1 Å². The van der Waals surface area contributed by atoms with Gasteiger partial charge in [0.05, 0.1) is 49.2 Å². The van der Waals surface area contributed by atoms with Gasteiger partial charge in [0.2, 0.25) is 23.6 Å². The standard InChI is InChI=1S/C37H66N7O6P.C3H8/c1-11-24(4)34(43(8)32(46)22-39-37(48)33(23(2)3)42(6)7)30(49-9)20-31(45)44-18-12-13-29(44)35(50-10)25(5)36(47)40-28(21-38)19-26-14-16-27(41-51)17-15-26;1-3-2/h14-17,23-25,28-30,33-35,41H,11-13,18-22,38,51H2,1-10H3,(H,39,48)(H,40,47);3H2,1-2H3. The molecular weight excluding hydrogens is 705 g/mol. The Labute approximate surface area is 328 Å². The van der Waals surface area contributed by atoms with Crippen LogP contribution in [0.3, 0.4) is 0 Å². The predicted octanol–water partition coefficient (Wildman–Crippen LogP) is 3.91. The van der Waals surface area contributed by atoms with E-state index in [9.17, 15) is 19.2 Å². The van der Waals surface area contributed by atoms with Crippen molar-refractivity contribution in [1.29, 1.82) is 0 Å². The Morgan fingerprint density at radius 1 is 0.981 bits per heavy atom. The predicted molar refractivity (Wildman–Crippen MR) is 222 cm³/mol. The first-order valence-corrected chi connectivity index (χ1v) is 20.2. The summed E-state index contributed by atoms with van der Waals surface area (Å²) >= 11 is 0. The van der Waals surface area contributed by atoms with Crippen molar-refractivity contribution in [2.45, 2.75) is 123 Å². The largest absolute Gasteiger partial charge is 0.379 e. The molecule has 13 nitrogen and oxygen atoms in total. The van der Waals surface area contributed by atoms with Crippen LogP contribution in [0.15, 0.2) is 24.3 Å². The number of rotatable bonds is 21. The van der Waals surface area contributed by atoms with Crippen LogP contribution in [-0.4, -0.2) is 130 Å². The van der Waals surface area contributed by atoms with E-state index in [0.29, 0.717) is 19.4 Å². The highest BCUT2D eigenvalue weighted by molar-refractivity contribution is 7.18.